The number of benzene rings is 1. The van der Waals surface area contributed by atoms with Gasteiger partial charge in [0.2, 0.25) is 5.91 Å². The fraction of sp³-hybridized carbons (Fsp3) is 0.316. The molecule has 1 aromatic carbocycles. The highest BCUT2D eigenvalue weighted by Crippen LogP contribution is 2.29. The number of nitrogens with one attached hydrogen (secondary N) is 1. The maximum Gasteiger partial charge on any atom is 0.311 e. The lowest BCUT2D eigenvalue weighted by Gasteiger charge is -2.29. The summed E-state index contributed by atoms with van der Waals surface area (Å²) in [6.07, 6.45) is 1.18. The number of carbonyl (C=O) groups is 3. The van der Waals surface area contributed by atoms with Crippen LogP contribution in [0.5, 0.6) is 0 Å². The van der Waals surface area contributed by atoms with Crippen LogP contribution in [0.4, 0.5) is 0 Å². The molecule has 1 fully saturated rings. The monoisotopic (exact) mass is 356 g/mol. The van der Waals surface area contributed by atoms with Crippen molar-refractivity contribution < 1.29 is 23.9 Å². The van der Waals surface area contributed by atoms with Crippen molar-refractivity contribution in [2.75, 3.05) is 13.1 Å². The van der Waals surface area contributed by atoms with Crippen LogP contribution in [0.1, 0.15) is 39.7 Å². The normalized spacial score (nSPS) is 17.5. The molecule has 2 N–H and O–H groups in total. The second kappa shape index (κ2) is 7.43. The van der Waals surface area contributed by atoms with Gasteiger partial charge >= 0.3 is 5.97 Å². The van der Waals surface area contributed by atoms with Gasteiger partial charge in [0.25, 0.3) is 5.91 Å². The molecule has 7 heteroatoms. The fourth-order valence-corrected chi connectivity index (χ4v) is 3.24. The van der Waals surface area contributed by atoms with Crippen LogP contribution in [0.2, 0.25) is 0 Å². The minimum Gasteiger partial charge on any atom is -0.481 e. The topological polar surface area (TPSA) is 99.8 Å². The van der Waals surface area contributed by atoms with E-state index in [-0.39, 0.29) is 36.0 Å². The Hall–Kier alpha value is -3.09. The van der Waals surface area contributed by atoms with Crippen LogP contribution in [-0.2, 0) is 16.0 Å². The zero-order valence-corrected chi connectivity index (χ0v) is 14.4. The lowest BCUT2D eigenvalue weighted by Crippen LogP contribution is -2.37. The predicted octanol–water partition coefficient (Wildman–Crippen LogP) is 1.92. The van der Waals surface area contributed by atoms with Crippen molar-refractivity contribution in [2.24, 2.45) is 0 Å². The summed E-state index contributed by atoms with van der Waals surface area (Å²) in [5.74, 6) is -1.38. The number of aryl methyl sites for hydroxylation is 1. The quantitative estimate of drug-likeness (QED) is 0.872. The summed E-state index contributed by atoms with van der Waals surface area (Å²) in [6, 6.07) is 8.93. The van der Waals surface area contributed by atoms with Gasteiger partial charge in [0, 0.05) is 18.7 Å². The van der Waals surface area contributed by atoms with Gasteiger partial charge in [-0.1, -0.05) is 30.3 Å². The number of carbonyl (C=O) groups excluding carboxylic acids is 2. The van der Waals surface area contributed by atoms with Gasteiger partial charge in [-0.15, -0.1) is 0 Å². The van der Waals surface area contributed by atoms with E-state index in [4.69, 9.17) is 9.52 Å². The largest absolute Gasteiger partial charge is 0.481 e. The molecular formula is C19H20N2O5. The maximum absolute atomic E-state index is 13.3. The third-order valence-corrected chi connectivity index (χ3v) is 4.45. The summed E-state index contributed by atoms with van der Waals surface area (Å²) in [7, 11) is 0. The molecule has 0 aliphatic carbocycles. The SMILES string of the molecule is Cc1coc(CC(=O)O)c1C(=O)N1CCNC(=O)CC1c1ccccc1. The summed E-state index contributed by atoms with van der Waals surface area (Å²) < 4.78 is 5.30. The Morgan fingerprint density at radius 1 is 1.31 bits per heavy atom. The Morgan fingerprint density at radius 3 is 2.73 bits per heavy atom. The van der Waals surface area contributed by atoms with Crippen molar-refractivity contribution in [1.82, 2.24) is 10.2 Å². The molecule has 26 heavy (non-hydrogen) atoms. The molecule has 1 atom stereocenters. The van der Waals surface area contributed by atoms with E-state index in [1.165, 1.54) is 6.26 Å². The van der Waals surface area contributed by atoms with Crippen LogP contribution in [0.3, 0.4) is 0 Å². The molecule has 2 amide bonds. The third-order valence-electron chi connectivity index (χ3n) is 4.45. The zero-order valence-electron chi connectivity index (χ0n) is 14.4. The highest BCUT2D eigenvalue weighted by atomic mass is 16.4. The summed E-state index contributed by atoms with van der Waals surface area (Å²) in [5.41, 5.74) is 1.71. The first kappa shape index (κ1) is 17.7. The van der Waals surface area contributed by atoms with Crippen LogP contribution in [0.15, 0.2) is 41.0 Å². The molecule has 0 spiro atoms. The van der Waals surface area contributed by atoms with Gasteiger partial charge in [0.15, 0.2) is 0 Å². The first-order chi connectivity index (χ1) is 12.5. The lowest BCUT2D eigenvalue weighted by molar-refractivity contribution is -0.136. The number of amides is 2. The van der Waals surface area contributed by atoms with Crippen LogP contribution in [0, 0.1) is 6.92 Å². The summed E-state index contributed by atoms with van der Waals surface area (Å²) in [5, 5.41) is 11.8. The molecule has 1 unspecified atom stereocenters. The molecule has 1 aromatic heterocycles. The Balaban J connectivity index is 1.99. The van der Waals surface area contributed by atoms with Gasteiger partial charge in [0.1, 0.15) is 12.2 Å². The number of hydrogen-bond donors (Lipinski definition) is 2. The minimum atomic E-state index is -1.07. The molecule has 0 saturated carbocycles. The number of rotatable bonds is 4. The number of carboxylic acid groups (broad SMARTS) is 1. The molecule has 1 saturated heterocycles. The van der Waals surface area contributed by atoms with E-state index in [2.05, 4.69) is 5.32 Å². The molecule has 0 radical (unpaired) electrons. The van der Waals surface area contributed by atoms with Gasteiger partial charge in [-0.2, -0.15) is 0 Å². The van der Waals surface area contributed by atoms with E-state index < -0.39 is 12.0 Å². The average Bonchev–Trinajstić information content (AvgIpc) is 2.85. The Kier molecular flexibility index (Phi) is 5.06. The Morgan fingerprint density at radius 2 is 2.04 bits per heavy atom. The number of hydrogen-bond acceptors (Lipinski definition) is 4. The second-order valence-electron chi connectivity index (χ2n) is 6.27. The molecule has 2 heterocycles. The standard InChI is InChI=1S/C19H20N2O5/c1-12-11-26-15(10-17(23)24)18(12)19(25)21-8-7-20-16(22)9-14(21)13-5-3-2-4-6-13/h2-6,11,14H,7-10H2,1H3,(H,20,22)(H,23,24). The van der Waals surface area contributed by atoms with Gasteiger partial charge in [-0.05, 0) is 12.5 Å². The lowest BCUT2D eigenvalue weighted by atomic mass is 10.00. The van der Waals surface area contributed by atoms with Gasteiger partial charge in [-0.25, -0.2) is 0 Å². The number of aliphatic carboxylic acids is 1. The van der Waals surface area contributed by atoms with E-state index in [0.29, 0.717) is 18.7 Å². The Bertz CT molecular complexity index is 828. The molecule has 1 aliphatic heterocycles. The number of furan rings is 1. The van der Waals surface area contributed by atoms with Crippen molar-refractivity contribution in [2.45, 2.75) is 25.8 Å². The maximum atomic E-state index is 13.3. The zero-order chi connectivity index (χ0) is 18.7. The predicted molar refractivity (Wildman–Crippen MR) is 92.6 cm³/mol. The van der Waals surface area contributed by atoms with E-state index in [1.807, 2.05) is 30.3 Å². The molecular weight excluding hydrogens is 336 g/mol. The third kappa shape index (κ3) is 3.61. The number of carboxylic acids is 1. The van der Waals surface area contributed by atoms with Crippen molar-refractivity contribution in [3.8, 4) is 0 Å². The fourth-order valence-electron chi connectivity index (χ4n) is 3.24. The molecule has 0 bridgehead atoms. The first-order valence-corrected chi connectivity index (χ1v) is 8.38. The van der Waals surface area contributed by atoms with Crippen molar-refractivity contribution in [3.05, 3.63) is 59.0 Å². The van der Waals surface area contributed by atoms with Crippen LogP contribution < -0.4 is 5.32 Å². The van der Waals surface area contributed by atoms with Crippen LogP contribution in [-0.4, -0.2) is 40.9 Å². The van der Waals surface area contributed by atoms with Crippen molar-refractivity contribution in [1.29, 1.82) is 0 Å². The summed E-state index contributed by atoms with van der Waals surface area (Å²) in [4.78, 5) is 38.0. The summed E-state index contributed by atoms with van der Waals surface area (Å²) in [6.45, 7) is 2.39. The van der Waals surface area contributed by atoms with Gasteiger partial charge in [-0.3, -0.25) is 14.4 Å². The van der Waals surface area contributed by atoms with Crippen LogP contribution in [0.25, 0.3) is 0 Å². The van der Waals surface area contributed by atoms with E-state index in [0.717, 1.165) is 5.56 Å². The summed E-state index contributed by atoms with van der Waals surface area (Å²) >= 11 is 0. The minimum absolute atomic E-state index is 0.121. The molecule has 1 aliphatic rings. The van der Waals surface area contributed by atoms with Crippen molar-refractivity contribution >= 4 is 17.8 Å². The molecule has 136 valence electrons. The second-order valence-corrected chi connectivity index (χ2v) is 6.27. The van der Waals surface area contributed by atoms with E-state index >= 15 is 0 Å². The molecule has 7 nitrogen and oxygen atoms in total. The van der Waals surface area contributed by atoms with E-state index in [1.54, 1.807) is 11.8 Å². The van der Waals surface area contributed by atoms with Crippen molar-refractivity contribution in [3.63, 3.8) is 0 Å². The van der Waals surface area contributed by atoms with Gasteiger partial charge < -0.3 is 19.7 Å². The van der Waals surface area contributed by atoms with Gasteiger partial charge in [0.05, 0.1) is 24.3 Å². The first-order valence-electron chi connectivity index (χ1n) is 8.38. The highest BCUT2D eigenvalue weighted by molar-refractivity contribution is 5.98. The average molecular weight is 356 g/mol. The Labute approximate surface area is 150 Å². The smallest absolute Gasteiger partial charge is 0.311 e. The number of nitrogens with zero attached hydrogens (tertiary/aromatic N) is 1. The molecule has 3 rings (SSSR count). The van der Waals surface area contributed by atoms with E-state index in [9.17, 15) is 14.4 Å². The molecule has 2 aromatic rings. The van der Waals surface area contributed by atoms with Crippen LogP contribution >= 0.6 is 0 Å². The highest BCUT2D eigenvalue weighted by Gasteiger charge is 2.33.